The zero-order valence-electron chi connectivity index (χ0n) is 18.8. The first kappa shape index (κ1) is 23.5. The Kier molecular flexibility index (Phi) is 7.24. The van der Waals surface area contributed by atoms with Crippen molar-refractivity contribution in [2.75, 3.05) is 74.8 Å². The molecule has 0 aliphatic carbocycles. The van der Waals surface area contributed by atoms with E-state index in [1.165, 1.54) is 19.2 Å². The van der Waals surface area contributed by atoms with Gasteiger partial charge in [0, 0.05) is 38.3 Å². The minimum Gasteiger partial charge on any atom is -0.465 e. The van der Waals surface area contributed by atoms with Crippen LogP contribution in [0.15, 0.2) is 36.4 Å². The second-order valence-electron chi connectivity index (χ2n) is 7.84. The number of rotatable bonds is 6. The molecule has 0 bridgehead atoms. The van der Waals surface area contributed by atoms with Gasteiger partial charge in [-0.05, 0) is 24.3 Å². The average Bonchev–Trinajstić information content (AvgIpc) is 2.88. The summed E-state index contributed by atoms with van der Waals surface area (Å²) < 4.78 is 15.7. The van der Waals surface area contributed by atoms with Gasteiger partial charge in [-0.25, -0.2) is 4.79 Å². The molecule has 2 aromatic carbocycles. The number of benzene rings is 2. The Morgan fingerprint density at radius 1 is 0.941 bits per heavy atom. The van der Waals surface area contributed by atoms with Crippen molar-refractivity contribution in [3.8, 4) is 0 Å². The summed E-state index contributed by atoms with van der Waals surface area (Å²) in [6, 6.07) is 9.20. The summed E-state index contributed by atoms with van der Waals surface area (Å²) in [4.78, 5) is 40.5. The van der Waals surface area contributed by atoms with Crippen molar-refractivity contribution in [2.24, 2.45) is 0 Å². The summed E-state index contributed by atoms with van der Waals surface area (Å²) >= 11 is 0. The monoisotopic (exact) mass is 470 g/mol. The molecule has 2 heterocycles. The van der Waals surface area contributed by atoms with Gasteiger partial charge in [-0.1, -0.05) is 0 Å². The van der Waals surface area contributed by atoms with E-state index in [1.54, 1.807) is 24.3 Å². The topological polar surface area (TPSA) is 123 Å². The Labute approximate surface area is 196 Å². The first-order valence-corrected chi connectivity index (χ1v) is 11.0. The normalized spacial score (nSPS) is 16.1. The van der Waals surface area contributed by atoms with E-state index in [0.717, 1.165) is 5.69 Å². The molecule has 2 aromatic rings. The fourth-order valence-electron chi connectivity index (χ4n) is 4.05. The standard InChI is InChI=1S/C23H26N4O7/c1-32-23(29)16-2-4-21(26-8-12-34-13-9-26)19(14-16)24-22(28)18-15-17(27(30)31)3-5-20(18)25-6-10-33-11-7-25/h2-5,14-15H,6-13H2,1H3,(H,24,28). The molecule has 34 heavy (non-hydrogen) atoms. The largest absolute Gasteiger partial charge is 0.465 e. The molecule has 2 aliphatic rings. The zero-order chi connectivity index (χ0) is 24.1. The number of anilines is 3. The number of esters is 1. The van der Waals surface area contributed by atoms with Gasteiger partial charge in [-0.15, -0.1) is 0 Å². The second kappa shape index (κ2) is 10.5. The number of nitrogens with zero attached hydrogens (tertiary/aromatic N) is 3. The van der Waals surface area contributed by atoms with Crippen LogP contribution in [0.5, 0.6) is 0 Å². The average molecular weight is 470 g/mol. The highest BCUT2D eigenvalue weighted by molar-refractivity contribution is 6.10. The number of nitro benzene ring substituents is 1. The summed E-state index contributed by atoms with van der Waals surface area (Å²) in [6.07, 6.45) is 0. The summed E-state index contributed by atoms with van der Waals surface area (Å²) in [5, 5.41) is 14.3. The van der Waals surface area contributed by atoms with Crippen LogP contribution in [0.25, 0.3) is 0 Å². The van der Waals surface area contributed by atoms with Crippen LogP contribution in [0.2, 0.25) is 0 Å². The molecule has 11 heteroatoms. The molecule has 0 unspecified atom stereocenters. The van der Waals surface area contributed by atoms with Crippen molar-refractivity contribution < 1.29 is 28.7 Å². The maximum absolute atomic E-state index is 13.5. The van der Waals surface area contributed by atoms with Crippen LogP contribution in [-0.4, -0.2) is 76.5 Å². The highest BCUT2D eigenvalue weighted by atomic mass is 16.6. The SMILES string of the molecule is COC(=O)c1ccc(N2CCOCC2)c(NC(=O)c2cc([N+](=O)[O-])ccc2N2CCOCC2)c1. The van der Waals surface area contributed by atoms with E-state index in [2.05, 4.69) is 10.2 Å². The molecule has 4 rings (SSSR count). The van der Waals surface area contributed by atoms with Crippen molar-refractivity contribution in [1.82, 2.24) is 0 Å². The van der Waals surface area contributed by atoms with Crippen LogP contribution < -0.4 is 15.1 Å². The number of ether oxygens (including phenoxy) is 3. The smallest absolute Gasteiger partial charge is 0.337 e. The van der Waals surface area contributed by atoms with Crippen LogP contribution >= 0.6 is 0 Å². The molecule has 11 nitrogen and oxygen atoms in total. The Morgan fingerprint density at radius 2 is 1.53 bits per heavy atom. The lowest BCUT2D eigenvalue weighted by Gasteiger charge is -2.31. The molecule has 180 valence electrons. The first-order chi connectivity index (χ1) is 16.5. The van der Waals surface area contributed by atoms with E-state index in [9.17, 15) is 19.7 Å². The van der Waals surface area contributed by atoms with Crippen LogP contribution in [-0.2, 0) is 14.2 Å². The number of nitrogens with one attached hydrogen (secondary N) is 1. The van der Waals surface area contributed by atoms with Gasteiger partial charge >= 0.3 is 5.97 Å². The number of morpholine rings is 2. The molecule has 0 saturated carbocycles. The highest BCUT2D eigenvalue weighted by Crippen LogP contribution is 2.31. The summed E-state index contributed by atoms with van der Waals surface area (Å²) in [5.41, 5.74) is 1.99. The van der Waals surface area contributed by atoms with Crippen LogP contribution in [0.4, 0.5) is 22.7 Å². The molecular weight excluding hydrogens is 444 g/mol. The maximum Gasteiger partial charge on any atom is 0.337 e. The van der Waals surface area contributed by atoms with Crippen molar-refractivity contribution in [3.05, 3.63) is 57.6 Å². The number of methoxy groups -OCH3 is 1. The van der Waals surface area contributed by atoms with E-state index in [-0.39, 0.29) is 16.8 Å². The number of hydrogen-bond donors (Lipinski definition) is 1. The molecule has 0 atom stereocenters. The van der Waals surface area contributed by atoms with Gasteiger partial charge in [0.25, 0.3) is 11.6 Å². The molecule has 2 aliphatic heterocycles. The molecule has 2 fully saturated rings. The lowest BCUT2D eigenvalue weighted by atomic mass is 10.1. The van der Waals surface area contributed by atoms with E-state index in [1.807, 2.05) is 4.90 Å². The minimum atomic E-state index is -0.534. The van der Waals surface area contributed by atoms with E-state index < -0.39 is 16.8 Å². The highest BCUT2D eigenvalue weighted by Gasteiger charge is 2.24. The molecule has 0 aromatic heterocycles. The molecule has 1 amide bonds. The fourth-order valence-corrected chi connectivity index (χ4v) is 4.05. The lowest BCUT2D eigenvalue weighted by Crippen LogP contribution is -2.38. The Morgan fingerprint density at radius 3 is 2.12 bits per heavy atom. The Hall–Kier alpha value is -3.70. The van der Waals surface area contributed by atoms with Gasteiger partial charge in [0.1, 0.15) is 0 Å². The van der Waals surface area contributed by atoms with E-state index in [4.69, 9.17) is 14.2 Å². The molecular formula is C23H26N4O7. The van der Waals surface area contributed by atoms with Gasteiger partial charge in [0.2, 0.25) is 0 Å². The number of nitro groups is 1. The van der Waals surface area contributed by atoms with Crippen molar-refractivity contribution in [3.63, 3.8) is 0 Å². The number of carbonyl (C=O) groups is 2. The number of hydrogen-bond acceptors (Lipinski definition) is 9. The fraction of sp³-hybridized carbons (Fsp3) is 0.391. The molecule has 1 N–H and O–H groups in total. The van der Waals surface area contributed by atoms with Crippen LogP contribution in [0, 0.1) is 10.1 Å². The lowest BCUT2D eigenvalue weighted by molar-refractivity contribution is -0.384. The van der Waals surface area contributed by atoms with Gasteiger partial charge in [-0.3, -0.25) is 14.9 Å². The van der Waals surface area contributed by atoms with Crippen LogP contribution in [0.3, 0.4) is 0 Å². The predicted molar refractivity (Wildman–Crippen MR) is 125 cm³/mol. The van der Waals surface area contributed by atoms with Gasteiger partial charge < -0.3 is 29.3 Å². The Bertz CT molecular complexity index is 1080. The molecule has 2 saturated heterocycles. The van der Waals surface area contributed by atoms with Gasteiger partial charge in [-0.2, -0.15) is 0 Å². The number of carbonyl (C=O) groups excluding carboxylic acids is 2. The quantitative estimate of drug-likeness (QED) is 0.385. The maximum atomic E-state index is 13.5. The minimum absolute atomic E-state index is 0.174. The molecule has 0 spiro atoms. The Balaban J connectivity index is 1.71. The summed E-state index contributed by atoms with van der Waals surface area (Å²) in [5.74, 6) is -1.05. The number of non-ortho nitro benzene ring substituents is 1. The van der Waals surface area contributed by atoms with E-state index >= 15 is 0 Å². The summed E-state index contributed by atoms with van der Waals surface area (Å²) in [6.45, 7) is 4.45. The zero-order valence-corrected chi connectivity index (χ0v) is 18.8. The second-order valence-corrected chi connectivity index (χ2v) is 7.84. The van der Waals surface area contributed by atoms with Gasteiger partial charge in [0.05, 0.1) is 66.6 Å². The third-order valence-corrected chi connectivity index (χ3v) is 5.80. The first-order valence-electron chi connectivity index (χ1n) is 11.0. The van der Waals surface area contributed by atoms with Crippen molar-refractivity contribution in [1.29, 1.82) is 0 Å². The summed E-state index contributed by atoms with van der Waals surface area (Å²) in [7, 11) is 1.29. The van der Waals surface area contributed by atoms with E-state index in [0.29, 0.717) is 64.0 Å². The number of amides is 1. The van der Waals surface area contributed by atoms with Crippen LogP contribution in [0.1, 0.15) is 20.7 Å². The van der Waals surface area contributed by atoms with Gasteiger partial charge in [0.15, 0.2) is 0 Å². The van der Waals surface area contributed by atoms with Crippen molar-refractivity contribution in [2.45, 2.75) is 0 Å². The third-order valence-electron chi connectivity index (χ3n) is 5.80. The van der Waals surface area contributed by atoms with Crippen molar-refractivity contribution >= 4 is 34.6 Å². The third kappa shape index (κ3) is 5.10. The molecule has 0 radical (unpaired) electrons. The predicted octanol–water partition coefficient (Wildman–Crippen LogP) is 2.31.